The Hall–Kier alpha value is -1.57. The zero-order valence-electron chi connectivity index (χ0n) is 17.4. The highest BCUT2D eigenvalue weighted by Crippen LogP contribution is 2.37. The summed E-state index contributed by atoms with van der Waals surface area (Å²) >= 11 is 3.77. The third-order valence-corrected chi connectivity index (χ3v) is 8.82. The number of aromatic nitrogens is 4. The van der Waals surface area contributed by atoms with Gasteiger partial charge in [-0.05, 0) is 67.5 Å². The molecule has 8 nitrogen and oxygen atoms in total. The zero-order valence-corrected chi connectivity index (χ0v) is 21.2. The van der Waals surface area contributed by atoms with Gasteiger partial charge in [0.15, 0.2) is 27.9 Å². The van der Waals surface area contributed by atoms with Crippen LogP contribution in [0.15, 0.2) is 28.5 Å². The highest BCUT2D eigenvalue weighted by Gasteiger charge is 2.24. The average Bonchev–Trinajstić information content (AvgIpc) is 3.23. The molecule has 0 spiro atoms. The van der Waals surface area contributed by atoms with Crippen LogP contribution in [0.1, 0.15) is 43.1 Å². The molecule has 1 aliphatic rings. The molecule has 1 aliphatic carbocycles. The van der Waals surface area contributed by atoms with Crippen LogP contribution in [0.25, 0.3) is 11.2 Å². The summed E-state index contributed by atoms with van der Waals surface area (Å²) in [6, 6.07) is 4.04. The van der Waals surface area contributed by atoms with E-state index in [1.807, 2.05) is 31.4 Å². The molecule has 3 aromatic rings. The van der Waals surface area contributed by atoms with Crippen LogP contribution in [0.4, 0.5) is 5.82 Å². The summed E-state index contributed by atoms with van der Waals surface area (Å²) in [6.45, 7) is 6.77. The molecule has 31 heavy (non-hydrogen) atoms. The number of nitrogen functional groups attached to an aromatic ring is 1. The molecular weight excluding hydrogens is 547 g/mol. The Labute approximate surface area is 200 Å². The summed E-state index contributed by atoms with van der Waals surface area (Å²) in [6.07, 6.45) is 2.79. The van der Waals surface area contributed by atoms with Crippen LogP contribution >= 0.6 is 34.4 Å². The third kappa shape index (κ3) is 4.64. The minimum atomic E-state index is -1.18. The fourth-order valence-electron chi connectivity index (χ4n) is 3.30. The van der Waals surface area contributed by atoms with Crippen molar-refractivity contribution in [2.75, 3.05) is 12.3 Å². The Balaban J connectivity index is 1.67. The second kappa shape index (κ2) is 8.75. The standard InChI is InChI=1S/C20H23IN6O2S2/c1-20(2,3)31(29)25-6-7-27-18-16(17(22)23-10-24-18)26-19(27)30-15-9-12-11(8-13(15)21)4-5-14(12)28/h8-10,25H,4-7H2,1-3H3,(H2,22,23,24). The lowest BCUT2D eigenvalue weighted by atomic mass is 10.1. The van der Waals surface area contributed by atoms with E-state index in [4.69, 9.17) is 10.7 Å². The van der Waals surface area contributed by atoms with Gasteiger partial charge in [-0.25, -0.2) is 23.9 Å². The van der Waals surface area contributed by atoms with Crippen LogP contribution in [-0.4, -0.2) is 40.8 Å². The number of Topliss-reactive ketones (excluding diaryl/α,β-unsaturated/α-hetero) is 1. The Bertz CT molecular complexity index is 1200. The van der Waals surface area contributed by atoms with Gasteiger partial charge in [0.25, 0.3) is 0 Å². The van der Waals surface area contributed by atoms with E-state index in [9.17, 15) is 9.00 Å². The zero-order chi connectivity index (χ0) is 22.3. The van der Waals surface area contributed by atoms with Crippen LogP contribution in [0.5, 0.6) is 0 Å². The number of halogens is 1. The molecule has 1 unspecified atom stereocenters. The van der Waals surface area contributed by atoms with E-state index in [-0.39, 0.29) is 10.5 Å². The molecule has 0 amide bonds. The van der Waals surface area contributed by atoms with Gasteiger partial charge >= 0.3 is 0 Å². The predicted molar refractivity (Wildman–Crippen MR) is 132 cm³/mol. The number of rotatable bonds is 6. The third-order valence-electron chi connectivity index (χ3n) is 4.93. The lowest BCUT2D eigenvalue weighted by Crippen LogP contribution is -2.35. The van der Waals surface area contributed by atoms with Crippen molar-refractivity contribution in [1.29, 1.82) is 0 Å². The minimum absolute atomic E-state index is 0.186. The number of anilines is 1. The molecule has 0 fully saturated rings. The summed E-state index contributed by atoms with van der Waals surface area (Å²) < 4.78 is 18.1. The van der Waals surface area contributed by atoms with Crippen molar-refractivity contribution in [3.05, 3.63) is 33.2 Å². The predicted octanol–water partition coefficient (Wildman–Crippen LogP) is 3.35. The number of ketones is 1. The van der Waals surface area contributed by atoms with Crippen LogP contribution in [-0.2, 0) is 24.0 Å². The Morgan fingerprint density at radius 1 is 1.29 bits per heavy atom. The van der Waals surface area contributed by atoms with Crippen molar-refractivity contribution < 1.29 is 9.00 Å². The monoisotopic (exact) mass is 570 g/mol. The first kappa shape index (κ1) is 22.6. The summed E-state index contributed by atoms with van der Waals surface area (Å²) in [5, 5.41) is 0.703. The lowest BCUT2D eigenvalue weighted by Gasteiger charge is -2.18. The first-order chi connectivity index (χ1) is 14.6. The topological polar surface area (TPSA) is 116 Å². The maximum Gasteiger partial charge on any atom is 0.175 e. The van der Waals surface area contributed by atoms with Crippen molar-refractivity contribution in [3.63, 3.8) is 0 Å². The Morgan fingerprint density at radius 3 is 2.81 bits per heavy atom. The van der Waals surface area contributed by atoms with Gasteiger partial charge in [-0.3, -0.25) is 4.79 Å². The number of nitrogens with one attached hydrogen (secondary N) is 1. The summed E-state index contributed by atoms with van der Waals surface area (Å²) in [7, 11) is -1.18. The molecule has 11 heteroatoms. The van der Waals surface area contributed by atoms with Crippen LogP contribution in [0.2, 0.25) is 0 Å². The van der Waals surface area contributed by atoms with E-state index in [1.165, 1.54) is 18.1 Å². The van der Waals surface area contributed by atoms with E-state index >= 15 is 0 Å². The van der Waals surface area contributed by atoms with Gasteiger partial charge in [-0.15, -0.1) is 0 Å². The summed E-state index contributed by atoms with van der Waals surface area (Å²) in [4.78, 5) is 26.3. The number of hydrogen-bond donors (Lipinski definition) is 2. The molecule has 0 saturated heterocycles. The maximum absolute atomic E-state index is 12.4. The highest BCUT2D eigenvalue weighted by atomic mass is 127. The molecule has 0 saturated carbocycles. The highest BCUT2D eigenvalue weighted by molar-refractivity contribution is 14.1. The van der Waals surface area contributed by atoms with E-state index < -0.39 is 11.0 Å². The molecule has 2 heterocycles. The first-order valence-corrected chi connectivity index (χ1v) is 12.8. The summed E-state index contributed by atoms with van der Waals surface area (Å²) in [5.41, 5.74) is 9.11. The van der Waals surface area contributed by atoms with Gasteiger partial charge in [0.1, 0.15) is 6.33 Å². The van der Waals surface area contributed by atoms with Crippen LogP contribution < -0.4 is 10.5 Å². The minimum Gasteiger partial charge on any atom is -0.382 e. The van der Waals surface area contributed by atoms with E-state index in [0.717, 1.165) is 26.0 Å². The number of hydrogen-bond acceptors (Lipinski definition) is 7. The van der Waals surface area contributed by atoms with Crippen molar-refractivity contribution in [1.82, 2.24) is 24.2 Å². The second-order valence-corrected chi connectivity index (χ2v) is 12.4. The molecule has 2 aromatic heterocycles. The van der Waals surface area contributed by atoms with Gasteiger partial charge in [0.2, 0.25) is 0 Å². The van der Waals surface area contributed by atoms with E-state index in [1.54, 1.807) is 0 Å². The molecule has 4 rings (SSSR count). The van der Waals surface area contributed by atoms with Gasteiger partial charge in [0, 0.05) is 33.5 Å². The van der Waals surface area contributed by atoms with Gasteiger partial charge < -0.3 is 10.3 Å². The molecule has 0 radical (unpaired) electrons. The van der Waals surface area contributed by atoms with Crippen molar-refractivity contribution in [3.8, 4) is 0 Å². The Morgan fingerprint density at radius 2 is 2.06 bits per heavy atom. The number of carbonyl (C=O) groups excluding carboxylic acids is 1. The fraction of sp³-hybridized carbons (Fsp3) is 0.400. The second-order valence-electron chi connectivity index (χ2n) is 8.22. The number of fused-ring (bicyclic) bond motifs is 2. The molecule has 164 valence electrons. The molecule has 1 aromatic carbocycles. The van der Waals surface area contributed by atoms with Crippen LogP contribution in [0, 0.1) is 3.57 Å². The van der Waals surface area contributed by atoms with Gasteiger partial charge in [-0.2, -0.15) is 0 Å². The number of imidazole rings is 1. The Kier molecular flexibility index (Phi) is 6.39. The van der Waals surface area contributed by atoms with Crippen LogP contribution in [0.3, 0.4) is 0 Å². The normalized spacial score (nSPS) is 14.9. The number of benzene rings is 1. The SMILES string of the molecule is CC(C)(C)S(=O)NCCn1c(Sc2cc3c(cc2I)CCC3=O)nc2c(N)ncnc21. The maximum atomic E-state index is 12.4. The quantitative estimate of drug-likeness (QED) is 0.437. The number of nitrogens with two attached hydrogens (primary N) is 1. The first-order valence-electron chi connectivity index (χ1n) is 9.80. The number of carbonyl (C=O) groups is 1. The lowest BCUT2D eigenvalue weighted by molar-refractivity contribution is 0.0994. The summed E-state index contributed by atoms with van der Waals surface area (Å²) in [5.74, 6) is 0.501. The molecular formula is C20H23IN6O2S2. The van der Waals surface area contributed by atoms with Crippen molar-refractivity contribution in [2.24, 2.45) is 0 Å². The van der Waals surface area contributed by atoms with Gasteiger partial charge in [-0.1, -0.05) is 11.8 Å². The average molecular weight is 570 g/mol. The number of nitrogens with zero attached hydrogens (tertiary/aromatic N) is 4. The van der Waals surface area contributed by atoms with Crippen molar-refractivity contribution in [2.45, 2.75) is 55.0 Å². The molecule has 1 atom stereocenters. The smallest absolute Gasteiger partial charge is 0.175 e. The fourth-order valence-corrected chi connectivity index (χ4v) is 5.83. The molecule has 3 N–H and O–H groups in total. The largest absolute Gasteiger partial charge is 0.382 e. The molecule has 0 aliphatic heterocycles. The van der Waals surface area contributed by atoms with E-state index in [2.05, 4.69) is 43.3 Å². The van der Waals surface area contributed by atoms with Crippen molar-refractivity contribution >= 4 is 68.1 Å². The molecule has 0 bridgehead atoms. The van der Waals surface area contributed by atoms with Gasteiger partial charge in [0.05, 0.1) is 15.7 Å². The van der Waals surface area contributed by atoms with E-state index in [0.29, 0.717) is 41.6 Å². The number of aryl methyl sites for hydroxylation is 1.